The molecule has 0 aliphatic carbocycles. The number of hydrogen-bond acceptors (Lipinski definition) is 3. The number of benzene rings is 1. The van der Waals surface area contributed by atoms with Crippen molar-refractivity contribution in [3.8, 4) is 0 Å². The molecule has 2 amide bonds. The highest BCUT2D eigenvalue weighted by Crippen LogP contribution is 2.27. The molecule has 7 heteroatoms. The summed E-state index contributed by atoms with van der Waals surface area (Å²) in [5, 5.41) is 12.5. The van der Waals surface area contributed by atoms with E-state index in [1.165, 1.54) is 4.90 Å². The second-order valence-corrected chi connectivity index (χ2v) is 5.86. The van der Waals surface area contributed by atoms with Crippen molar-refractivity contribution in [3.05, 3.63) is 28.8 Å². The third kappa shape index (κ3) is 2.96. The van der Waals surface area contributed by atoms with Gasteiger partial charge in [0, 0.05) is 36.4 Å². The van der Waals surface area contributed by atoms with E-state index in [0.29, 0.717) is 24.7 Å². The highest BCUT2D eigenvalue weighted by atomic mass is 35.5. The second kappa shape index (κ2) is 5.54. The van der Waals surface area contributed by atoms with Gasteiger partial charge in [-0.2, -0.15) is 0 Å². The number of nitrogens with one attached hydrogen (secondary N) is 1. The molecule has 0 aromatic heterocycles. The molecule has 1 unspecified atom stereocenters. The van der Waals surface area contributed by atoms with Crippen LogP contribution in [0.3, 0.4) is 0 Å². The standard InChI is InChI=1S/C14H16ClN3O3/c15-10-2-1-9-6-18(8-13(19)16-12(9)5-10)11-3-4-17(7-11)14(20)21/h1-2,5,11H,3-4,6-8H2,(H,16,19)(H,20,21). The van der Waals surface area contributed by atoms with Crippen LogP contribution < -0.4 is 5.32 Å². The largest absolute Gasteiger partial charge is 0.465 e. The number of fused-ring (bicyclic) bond motifs is 1. The average Bonchev–Trinajstić information content (AvgIpc) is 2.84. The Balaban J connectivity index is 1.80. The van der Waals surface area contributed by atoms with E-state index >= 15 is 0 Å². The van der Waals surface area contributed by atoms with Crippen molar-refractivity contribution in [2.45, 2.75) is 19.0 Å². The van der Waals surface area contributed by atoms with Crippen LogP contribution in [0.4, 0.5) is 10.5 Å². The number of carbonyl (C=O) groups excluding carboxylic acids is 1. The number of amides is 2. The lowest BCUT2D eigenvalue weighted by Gasteiger charge is -2.26. The van der Waals surface area contributed by atoms with Gasteiger partial charge in [-0.1, -0.05) is 17.7 Å². The van der Waals surface area contributed by atoms with E-state index in [1.807, 2.05) is 11.0 Å². The minimum Gasteiger partial charge on any atom is -0.465 e. The average molecular weight is 310 g/mol. The number of carboxylic acid groups (broad SMARTS) is 1. The fraction of sp³-hybridized carbons (Fsp3) is 0.429. The zero-order valence-corrected chi connectivity index (χ0v) is 12.1. The summed E-state index contributed by atoms with van der Waals surface area (Å²) in [7, 11) is 0. The van der Waals surface area contributed by atoms with Gasteiger partial charge in [0.1, 0.15) is 0 Å². The fourth-order valence-electron chi connectivity index (χ4n) is 2.92. The van der Waals surface area contributed by atoms with E-state index < -0.39 is 6.09 Å². The summed E-state index contributed by atoms with van der Waals surface area (Å²) >= 11 is 5.96. The number of nitrogens with zero attached hydrogens (tertiary/aromatic N) is 2. The number of rotatable bonds is 1. The smallest absolute Gasteiger partial charge is 0.407 e. The minimum absolute atomic E-state index is 0.0773. The Hall–Kier alpha value is -1.79. The quantitative estimate of drug-likeness (QED) is 0.830. The van der Waals surface area contributed by atoms with E-state index in [9.17, 15) is 9.59 Å². The van der Waals surface area contributed by atoms with Gasteiger partial charge in [0.25, 0.3) is 0 Å². The van der Waals surface area contributed by atoms with Gasteiger partial charge in [0.2, 0.25) is 5.91 Å². The highest BCUT2D eigenvalue weighted by molar-refractivity contribution is 6.31. The van der Waals surface area contributed by atoms with E-state index in [2.05, 4.69) is 5.32 Å². The van der Waals surface area contributed by atoms with Crippen LogP contribution in [0.15, 0.2) is 18.2 Å². The maximum atomic E-state index is 12.0. The molecule has 0 radical (unpaired) electrons. The van der Waals surface area contributed by atoms with Crippen LogP contribution in [0.1, 0.15) is 12.0 Å². The van der Waals surface area contributed by atoms with Crippen molar-refractivity contribution in [3.63, 3.8) is 0 Å². The summed E-state index contributed by atoms with van der Waals surface area (Å²) in [5.41, 5.74) is 1.74. The molecule has 1 fully saturated rings. The Kier molecular flexibility index (Phi) is 3.73. The Morgan fingerprint density at radius 1 is 1.38 bits per heavy atom. The molecule has 2 N–H and O–H groups in total. The Labute approximate surface area is 127 Å². The van der Waals surface area contributed by atoms with E-state index in [0.717, 1.165) is 17.7 Å². The Bertz CT molecular complexity index is 593. The van der Waals surface area contributed by atoms with Gasteiger partial charge >= 0.3 is 6.09 Å². The molecule has 2 aliphatic heterocycles. The summed E-state index contributed by atoms with van der Waals surface area (Å²) in [4.78, 5) is 26.5. The summed E-state index contributed by atoms with van der Waals surface area (Å²) in [6.07, 6.45) is -0.147. The molecule has 21 heavy (non-hydrogen) atoms. The molecule has 112 valence electrons. The lowest BCUT2D eigenvalue weighted by molar-refractivity contribution is -0.117. The molecular weight excluding hydrogens is 294 g/mol. The van der Waals surface area contributed by atoms with Crippen molar-refractivity contribution >= 4 is 29.3 Å². The van der Waals surface area contributed by atoms with Crippen LogP contribution in [0.2, 0.25) is 5.02 Å². The number of anilines is 1. The second-order valence-electron chi connectivity index (χ2n) is 5.43. The lowest BCUT2D eigenvalue weighted by atomic mass is 10.1. The Morgan fingerprint density at radius 2 is 2.19 bits per heavy atom. The lowest BCUT2D eigenvalue weighted by Crippen LogP contribution is -2.41. The first-order valence-corrected chi connectivity index (χ1v) is 7.21. The maximum absolute atomic E-state index is 12.0. The molecule has 1 saturated heterocycles. The van der Waals surface area contributed by atoms with Crippen molar-refractivity contribution in [1.82, 2.24) is 9.80 Å². The van der Waals surface area contributed by atoms with Gasteiger partial charge in [-0.05, 0) is 24.1 Å². The molecule has 1 aromatic rings. The SMILES string of the molecule is O=C1CN(C2CCN(C(=O)O)C2)Cc2ccc(Cl)cc2N1. The molecule has 2 heterocycles. The maximum Gasteiger partial charge on any atom is 0.407 e. The zero-order valence-electron chi connectivity index (χ0n) is 11.4. The molecule has 1 aromatic carbocycles. The van der Waals surface area contributed by atoms with Gasteiger partial charge in [-0.15, -0.1) is 0 Å². The van der Waals surface area contributed by atoms with Crippen LogP contribution in [0.5, 0.6) is 0 Å². The van der Waals surface area contributed by atoms with Gasteiger partial charge in [0.05, 0.1) is 6.54 Å². The third-order valence-corrected chi connectivity index (χ3v) is 4.25. The molecule has 3 rings (SSSR count). The van der Waals surface area contributed by atoms with Crippen molar-refractivity contribution < 1.29 is 14.7 Å². The molecule has 0 bridgehead atoms. The van der Waals surface area contributed by atoms with Gasteiger partial charge in [0.15, 0.2) is 0 Å². The van der Waals surface area contributed by atoms with Crippen LogP contribution in [-0.4, -0.2) is 52.6 Å². The molecule has 2 aliphatic rings. The number of likely N-dealkylation sites (tertiary alicyclic amines) is 1. The van der Waals surface area contributed by atoms with Crippen LogP contribution in [-0.2, 0) is 11.3 Å². The summed E-state index contributed by atoms with van der Waals surface area (Å²) in [6, 6.07) is 5.53. The fourth-order valence-corrected chi connectivity index (χ4v) is 3.10. The molecule has 1 atom stereocenters. The van der Waals surface area contributed by atoms with Gasteiger partial charge < -0.3 is 15.3 Å². The first kappa shape index (κ1) is 14.2. The zero-order chi connectivity index (χ0) is 15.0. The molecule has 6 nitrogen and oxygen atoms in total. The number of carbonyl (C=O) groups is 2. The summed E-state index contributed by atoms with van der Waals surface area (Å²) in [5.74, 6) is -0.0928. The predicted molar refractivity (Wildman–Crippen MR) is 78.5 cm³/mol. The summed E-state index contributed by atoms with van der Waals surface area (Å²) < 4.78 is 0. The molecule has 0 saturated carbocycles. The number of hydrogen-bond donors (Lipinski definition) is 2. The summed E-state index contributed by atoms with van der Waals surface area (Å²) in [6.45, 7) is 1.85. The Morgan fingerprint density at radius 3 is 2.90 bits per heavy atom. The van der Waals surface area contributed by atoms with Crippen LogP contribution in [0, 0.1) is 0 Å². The van der Waals surface area contributed by atoms with E-state index in [4.69, 9.17) is 16.7 Å². The highest BCUT2D eigenvalue weighted by Gasteiger charge is 2.32. The molecule has 0 spiro atoms. The van der Waals surface area contributed by atoms with Gasteiger partial charge in [-0.25, -0.2) is 4.79 Å². The van der Waals surface area contributed by atoms with Crippen LogP contribution >= 0.6 is 11.6 Å². The van der Waals surface area contributed by atoms with E-state index in [-0.39, 0.29) is 18.5 Å². The first-order chi connectivity index (χ1) is 10.0. The third-order valence-electron chi connectivity index (χ3n) is 4.02. The monoisotopic (exact) mass is 309 g/mol. The normalized spacial score (nSPS) is 22.6. The van der Waals surface area contributed by atoms with Crippen molar-refractivity contribution in [1.29, 1.82) is 0 Å². The topological polar surface area (TPSA) is 72.9 Å². The van der Waals surface area contributed by atoms with Gasteiger partial charge in [-0.3, -0.25) is 9.69 Å². The molecular formula is C14H16ClN3O3. The minimum atomic E-state index is -0.899. The first-order valence-electron chi connectivity index (χ1n) is 6.83. The van der Waals surface area contributed by atoms with Crippen LogP contribution in [0.25, 0.3) is 0 Å². The van der Waals surface area contributed by atoms with Crippen molar-refractivity contribution in [2.75, 3.05) is 25.0 Å². The van der Waals surface area contributed by atoms with E-state index in [1.54, 1.807) is 12.1 Å². The predicted octanol–water partition coefficient (Wildman–Crippen LogP) is 1.85. The van der Waals surface area contributed by atoms with Crippen molar-refractivity contribution in [2.24, 2.45) is 0 Å². The number of halogens is 1.